The van der Waals surface area contributed by atoms with E-state index in [1.165, 1.54) is 5.56 Å². The molecule has 5 nitrogen and oxygen atoms in total. The fraction of sp³-hybridized carbons (Fsp3) is 0.292. The highest BCUT2D eigenvalue weighted by Gasteiger charge is 2.23. The lowest BCUT2D eigenvalue weighted by molar-refractivity contribution is 0.0733. The van der Waals surface area contributed by atoms with Gasteiger partial charge in [0.15, 0.2) is 5.82 Å². The molecule has 5 heteroatoms. The minimum atomic E-state index is 0.0604. The van der Waals surface area contributed by atoms with Crippen LogP contribution in [0.3, 0.4) is 0 Å². The van der Waals surface area contributed by atoms with Crippen LogP contribution in [-0.4, -0.2) is 34.4 Å². The van der Waals surface area contributed by atoms with Crippen LogP contribution in [0, 0.1) is 0 Å². The highest BCUT2D eigenvalue weighted by atomic mass is 16.5. The first kappa shape index (κ1) is 19.1. The molecular formula is C24H25N3O2. The van der Waals surface area contributed by atoms with Crippen LogP contribution in [-0.2, 0) is 13.0 Å². The fourth-order valence-corrected chi connectivity index (χ4v) is 3.56. The maximum atomic E-state index is 12.9. The van der Waals surface area contributed by atoms with Gasteiger partial charge in [0, 0.05) is 42.4 Å². The molecule has 0 unspecified atom stereocenters. The number of aromatic nitrogens is 2. The Morgan fingerprint density at radius 1 is 1.07 bits per heavy atom. The smallest absolute Gasteiger partial charge is 0.254 e. The molecule has 0 aliphatic carbocycles. The zero-order valence-corrected chi connectivity index (χ0v) is 17.1. The summed E-state index contributed by atoms with van der Waals surface area (Å²) in [6, 6.07) is 15.7. The van der Waals surface area contributed by atoms with Crippen LogP contribution in [0.25, 0.3) is 11.4 Å². The maximum absolute atomic E-state index is 12.9. The molecule has 1 aromatic heterocycles. The van der Waals surface area contributed by atoms with Crippen molar-refractivity contribution in [2.45, 2.75) is 32.7 Å². The van der Waals surface area contributed by atoms with Gasteiger partial charge in [-0.25, -0.2) is 9.97 Å². The SMILES string of the molecule is COc1ccc(-c2ncc3c(n2)CCN(C(=O)c2ccc(C(C)C)cc2)C3)cc1. The lowest BCUT2D eigenvalue weighted by Gasteiger charge is -2.28. The van der Waals surface area contributed by atoms with E-state index in [-0.39, 0.29) is 5.91 Å². The average Bonchev–Trinajstić information content (AvgIpc) is 2.78. The second-order valence-corrected chi connectivity index (χ2v) is 7.65. The number of ether oxygens (including phenoxy) is 1. The van der Waals surface area contributed by atoms with Crippen molar-refractivity contribution < 1.29 is 9.53 Å². The van der Waals surface area contributed by atoms with Crippen LogP contribution in [0.4, 0.5) is 0 Å². The number of amides is 1. The molecule has 1 amide bonds. The van der Waals surface area contributed by atoms with Crippen molar-refractivity contribution in [1.82, 2.24) is 14.9 Å². The summed E-state index contributed by atoms with van der Waals surface area (Å²) in [6.07, 6.45) is 2.58. The largest absolute Gasteiger partial charge is 0.497 e. The van der Waals surface area contributed by atoms with E-state index in [1.807, 2.05) is 59.6 Å². The van der Waals surface area contributed by atoms with Crippen molar-refractivity contribution in [3.63, 3.8) is 0 Å². The summed E-state index contributed by atoms with van der Waals surface area (Å²) in [4.78, 5) is 24.1. The number of rotatable bonds is 4. The standard InChI is InChI=1S/C24H25N3O2/c1-16(2)17-4-6-19(7-5-17)24(28)27-13-12-22-20(15-27)14-25-23(26-22)18-8-10-21(29-3)11-9-18/h4-11,14,16H,12-13,15H2,1-3H3. The molecule has 0 spiro atoms. The van der Waals surface area contributed by atoms with Crippen LogP contribution in [0.15, 0.2) is 54.7 Å². The molecule has 0 saturated heterocycles. The first-order chi connectivity index (χ1) is 14.0. The fourth-order valence-electron chi connectivity index (χ4n) is 3.56. The molecular weight excluding hydrogens is 362 g/mol. The van der Waals surface area contributed by atoms with E-state index in [0.717, 1.165) is 34.6 Å². The minimum absolute atomic E-state index is 0.0604. The van der Waals surface area contributed by atoms with Crippen molar-refractivity contribution >= 4 is 5.91 Å². The van der Waals surface area contributed by atoms with E-state index in [4.69, 9.17) is 9.72 Å². The van der Waals surface area contributed by atoms with Gasteiger partial charge in [0.05, 0.1) is 12.8 Å². The molecule has 4 rings (SSSR count). The number of nitrogens with zero attached hydrogens (tertiary/aromatic N) is 3. The van der Waals surface area contributed by atoms with Crippen molar-refractivity contribution in [2.75, 3.05) is 13.7 Å². The van der Waals surface area contributed by atoms with Gasteiger partial charge in [0.25, 0.3) is 5.91 Å². The highest BCUT2D eigenvalue weighted by Crippen LogP contribution is 2.24. The van der Waals surface area contributed by atoms with Gasteiger partial charge in [-0.1, -0.05) is 26.0 Å². The third kappa shape index (κ3) is 3.99. The second-order valence-electron chi connectivity index (χ2n) is 7.65. The van der Waals surface area contributed by atoms with Crippen LogP contribution < -0.4 is 4.74 Å². The maximum Gasteiger partial charge on any atom is 0.254 e. The quantitative estimate of drug-likeness (QED) is 0.663. The molecule has 2 heterocycles. The lowest BCUT2D eigenvalue weighted by Crippen LogP contribution is -2.36. The summed E-state index contributed by atoms with van der Waals surface area (Å²) < 4.78 is 5.21. The summed E-state index contributed by atoms with van der Waals surface area (Å²) in [5, 5.41) is 0. The summed E-state index contributed by atoms with van der Waals surface area (Å²) in [7, 11) is 1.65. The highest BCUT2D eigenvalue weighted by molar-refractivity contribution is 5.94. The third-order valence-electron chi connectivity index (χ3n) is 5.39. The molecule has 0 radical (unpaired) electrons. The number of carbonyl (C=O) groups excluding carboxylic acids is 1. The van der Waals surface area contributed by atoms with Gasteiger partial charge in [-0.3, -0.25) is 4.79 Å². The Bertz CT molecular complexity index is 1010. The summed E-state index contributed by atoms with van der Waals surface area (Å²) in [6.45, 7) is 5.51. The normalized spacial score (nSPS) is 13.3. The van der Waals surface area contributed by atoms with Crippen LogP contribution >= 0.6 is 0 Å². The lowest BCUT2D eigenvalue weighted by atomic mass is 10.0. The predicted molar refractivity (Wildman–Crippen MR) is 113 cm³/mol. The average molecular weight is 387 g/mol. The third-order valence-corrected chi connectivity index (χ3v) is 5.39. The monoisotopic (exact) mass is 387 g/mol. The van der Waals surface area contributed by atoms with Gasteiger partial charge in [0.1, 0.15) is 5.75 Å². The van der Waals surface area contributed by atoms with Crippen LogP contribution in [0.1, 0.15) is 46.9 Å². The number of carbonyl (C=O) groups is 1. The van der Waals surface area contributed by atoms with E-state index >= 15 is 0 Å². The zero-order valence-electron chi connectivity index (χ0n) is 17.1. The van der Waals surface area contributed by atoms with Crippen molar-refractivity contribution in [2.24, 2.45) is 0 Å². The number of hydrogen-bond acceptors (Lipinski definition) is 4. The van der Waals surface area contributed by atoms with Crippen molar-refractivity contribution in [3.05, 3.63) is 77.1 Å². The van der Waals surface area contributed by atoms with Gasteiger partial charge in [0.2, 0.25) is 0 Å². The van der Waals surface area contributed by atoms with Crippen LogP contribution in [0.2, 0.25) is 0 Å². The first-order valence-electron chi connectivity index (χ1n) is 9.93. The number of benzene rings is 2. The molecule has 3 aromatic rings. The van der Waals surface area contributed by atoms with E-state index in [1.54, 1.807) is 7.11 Å². The Hall–Kier alpha value is -3.21. The molecule has 148 valence electrons. The second kappa shape index (κ2) is 8.03. The Balaban J connectivity index is 1.50. The predicted octanol–water partition coefficient (Wildman–Crippen LogP) is 4.47. The Morgan fingerprint density at radius 2 is 1.79 bits per heavy atom. The minimum Gasteiger partial charge on any atom is -0.497 e. The van der Waals surface area contributed by atoms with E-state index in [0.29, 0.717) is 24.8 Å². The number of methoxy groups -OCH3 is 1. The Labute approximate surface area is 171 Å². The van der Waals surface area contributed by atoms with Crippen molar-refractivity contribution in [1.29, 1.82) is 0 Å². The van der Waals surface area contributed by atoms with Gasteiger partial charge >= 0.3 is 0 Å². The van der Waals surface area contributed by atoms with Crippen molar-refractivity contribution in [3.8, 4) is 17.1 Å². The molecule has 1 aliphatic rings. The molecule has 29 heavy (non-hydrogen) atoms. The van der Waals surface area contributed by atoms with Gasteiger partial charge in [-0.15, -0.1) is 0 Å². The van der Waals surface area contributed by atoms with E-state index in [9.17, 15) is 4.79 Å². The topological polar surface area (TPSA) is 55.3 Å². The number of hydrogen-bond donors (Lipinski definition) is 0. The van der Waals surface area contributed by atoms with Gasteiger partial charge < -0.3 is 9.64 Å². The summed E-state index contributed by atoms with van der Waals surface area (Å²) >= 11 is 0. The first-order valence-corrected chi connectivity index (χ1v) is 9.93. The number of fused-ring (bicyclic) bond motifs is 1. The molecule has 1 aliphatic heterocycles. The zero-order chi connectivity index (χ0) is 20.4. The van der Waals surface area contributed by atoms with Crippen LogP contribution in [0.5, 0.6) is 5.75 Å². The molecule has 2 aromatic carbocycles. The van der Waals surface area contributed by atoms with E-state index in [2.05, 4.69) is 18.8 Å². The molecule has 0 bridgehead atoms. The Morgan fingerprint density at radius 3 is 2.45 bits per heavy atom. The van der Waals surface area contributed by atoms with E-state index < -0.39 is 0 Å². The van der Waals surface area contributed by atoms with Gasteiger partial charge in [-0.2, -0.15) is 0 Å². The molecule has 0 saturated carbocycles. The molecule has 0 N–H and O–H groups in total. The molecule has 0 atom stereocenters. The van der Waals surface area contributed by atoms with Gasteiger partial charge in [-0.05, 0) is 47.9 Å². The summed E-state index contributed by atoms with van der Waals surface area (Å²) in [5.74, 6) is 2.03. The Kier molecular flexibility index (Phi) is 5.30. The molecule has 0 fully saturated rings. The summed E-state index contributed by atoms with van der Waals surface area (Å²) in [5.41, 5.74) is 4.96.